The van der Waals surface area contributed by atoms with Gasteiger partial charge >= 0.3 is 0 Å². The van der Waals surface area contributed by atoms with Crippen LogP contribution in [0, 0.1) is 5.92 Å². The van der Waals surface area contributed by atoms with Crippen LogP contribution in [-0.4, -0.2) is 87.2 Å². The molecule has 10 heteroatoms. The summed E-state index contributed by atoms with van der Waals surface area (Å²) in [4.78, 5) is 27.3. The molecular weight excluding hydrogens is 396 g/mol. The number of nitrogens with zero attached hydrogens (tertiary/aromatic N) is 3. The topological polar surface area (TPSA) is 99.3 Å². The van der Waals surface area contributed by atoms with Gasteiger partial charge in [0.15, 0.2) is 0 Å². The van der Waals surface area contributed by atoms with Crippen molar-refractivity contribution in [2.45, 2.75) is 12.8 Å². The lowest BCUT2D eigenvalue weighted by Crippen LogP contribution is -2.46. The summed E-state index contributed by atoms with van der Waals surface area (Å²) >= 11 is 0. The van der Waals surface area contributed by atoms with Crippen LogP contribution >= 0.6 is 0 Å². The maximum Gasteiger partial charge on any atom is 0.281 e. The van der Waals surface area contributed by atoms with E-state index < -0.39 is 10.2 Å². The normalized spacial score (nSPS) is 19.3. The van der Waals surface area contributed by atoms with Crippen LogP contribution in [0.1, 0.15) is 23.2 Å². The van der Waals surface area contributed by atoms with E-state index in [2.05, 4.69) is 5.32 Å². The van der Waals surface area contributed by atoms with Gasteiger partial charge in [-0.3, -0.25) is 9.59 Å². The summed E-state index contributed by atoms with van der Waals surface area (Å²) in [6.45, 7) is 2.67. The summed E-state index contributed by atoms with van der Waals surface area (Å²) in [5, 5.41) is 2.88. The quantitative estimate of drug-likeness (QED) is 0.747. The van der Waals surface area contributed by atoms with Gasteiger partial charge in [0, 0.05) is 46.2 Å². The second-order valence-corrected chi connectivity index (χ2v) is 9.55. The SMILES string of the molecule is CN(C)S(=O)(=O)N1CCC(C(=O)Nc2ccccc2C(=O)N2CCOCC2)CC1. The summed E-state index contributed by atoms with van der Waals surface area (Å²) in [6, 6.07) is 6.97. The number of morpholine rings is 1. The first-order chi connectivity index (χ1) is 13.8. The number of anilines is 1. The standard InChI is InChI=1S/C19H28N4O5S/c1-21(2)29(26,27)23-9-7-15(8-10-23)18(24)20-17-6-4-3-5-16(17)19(25)22-11-13-28-14-12-22/h3-6,15H,7-14H2,1-2H3,(H,20,24). The first kappa shape index (κ1) is 21.7. The predicted octanol–water partition coefficient (Wildman–Crippen LogP) is 0.616. The van der Waals surface area contributed by atoms with E-state index in [0.29, 0.717) is 63.5 Å². The van der Waals surface area contributed by atoms with Crippen molar-refractivity contribution in [3.63, 3.8) is 0 Å². The second-order valence-electron chi connectivity index (χ2n) is 7.40. The number of para-hydroxylation sites is 1. The zero-order chi connectivity index (χ0) is 21.0. The third-order valence-electron chi connectivity index (χ3n) is 5.33. The molecular formula is C19H28N4O5S. The van der Waals surface area contributed by atoms with Crippen molar-refractivity contribution in [1.29, 1.82) is 0 Å². The number of amides is 2. The number of ether oxygens (including phenoxy) is 1. The van der Waals surface area contributed by atoms with Gasteiger partial charge in [-0.15, -0.1) is 0 Å². The Bertz CT molecular complexity index is 844. The maximum absolute atomic E-state index is 12.8. The van der Waals surface area contributed by atoms with Gasteiger partial charge in [0.25, 0.3) is 16.1 Å². The zero-order valence-corrected chi connectivity index (χ0v) is 17.7. The van der Waals surface area contributed by atoms with Gasteiger partial charge in [0.1, 0.15) is 0 Å². The van der Waals surface area contributed by atoms with Gasteiger partial charge in [-0.1, -0.05) is 12.1 Å². The Balaban J connectivity index is 1.64. The molecule has 0 saturated carbocycles. The fourth-order valence-corrected chi connectivity index (χ4v) is 4.66. The minimum atomic E-state index is -3.46. The van der Waals surface area contributed by atoms with Gasteiger partial charge in [-0.05, 0) is 25.0 Å². The van der Waals surface area contributed by atoms with E-state index in [-0.39, 0.29) is 17.7 Å². The van der Waals surface area contributed by atoms with Crippen molar-refractivity contribution in [2.75, 3.05) is 58.8 Å². The molecule has 160 valence electrons. The third-order valence-corrected chi connectivity index (χ3v) is 7.27. The minimum Gasteiger partial charge on any atom is -0.378 e. The molecule has 0 unspecified atom stereocenters. The van der Waals surface area contributed by atoms with Crippen LogP contribution in [0.25, 0.3) is 0 Å². The average Bonchev–Trinajstić information content (AvgIpc) is 2.74. The van der Waals surface area contributed by atoms with Crippen molar-refractivity contribution in [1.82, 2.24) is 13.5 Å². The fraction of sp³-hybridized carbons (Fsp3) is 0.579. The van der Waals surface area contributed by atoms with E-state index in [1.165, 1.54) is 22.7 Å². The molecule has 1 aromatic carbocycles. The number of carbonyl (C=O) groups is 2. The Morgan fingerprint density at radius 2 is 1.69 bits per heavy atom. The molecule has 2 aliphatic rings. The van der Waals surface area contributed by atoms with E-state index >= 15 is 0 Å². The Morgan fingerprint density at radius 3 is 2.31 bits per heavy atom. The molecule has 2 heterocycles. The molecule has 2 aliphatic heterocycles. The zero-order valence-electron chi connectivity index (χ0n) is 16.8. The van der Waals surface area contributed by atoms with Crippen LogP contribution < -0.4 is 5.32 Å². The summed E-state index contributed by atoms with van der Waals surface area (Å²) in [6.07, 6.45) is 0.886. The van der Waals surface area contributed by atoms with Crippen molar-refractivity contribution in [3.8, 4) is 0 Å². The highest BCUT2D eigenvalue weighted by molar-refractivity contribution is 7.86. The van der Waals surface area contributed by atoms with Crippen molar-refractivity contribution < 1.29 is 22.7 Å². The summed E-state index contributed by atoms with van der Waals surface area (Å²) in [5.41, 5.74) is 0.938. The molecule has 2 fully saturated rings. The lowest BCUT2D eigenvalue weighted by Gasteiger charge is -2.32. The molecule has 0 bridgehead atoms. The number of hydrogen-bond acceptors (Lipinski definition) is 5. The lowest BCUT2D eigenvalue weighted by molar-refractivity contribution is -0.120. The van der Waals surface area contributed by atoms with E-state index in [4.69, 9.17) is 4.74 Å². The monoisotopic (exact) mass is 424 g/mol. The van der Waals surface area contributed by atoms with Crippen LogP contribution in [0.3, 0.4) is 0 Å². The number of rotatable bonds is 5. The van der Waals surface area contributed by atoms with Crippen LogP contribution in [0.5, 0.6) is 0 Å². The van der Waals surface area contributed by atoms with Crippen molar-refractivity contribution in [3.05, 3.63) is 29.8 Å². The van der Waals surface area contributed by atoms with Gasteiger partial charge in [-0.2, -0.15) is 17.0 Å². The van der Waals surface area contributed by atoms with Gasteiger partial charge in [0.05, 0.1) is 24.5 Å². The van der Waals surface area contributed by atoms with Gasteiger partial charge in [0.2, 0.25) is 5.91 Å². The first-order valence-electron chi connectivity index (χ1n) is 9.75. The Hall–Kier alpha value is -2.01. The van der Waals surface area contributed by atoms with Crippen LogP contribution in [-0.2, 0) is 19.7 Å². The number of carbonyl (C=O) groups excluding carboxylic acids is 2. The molecule has 0 spiro atoms. The minimum absolute atomic E-state index is 0.129. The molecule has 2 amide bonds. The number of piperidine rings is 1. The van der Waals surface area contributed by atoms with Gasteiger partial charge in [-0.25, -0.2) is 0 Å². The number of benzene rings is 1. The molecule has 3 rings (SSSR count). The molecule has 9 nitrogen and oxygen atoms in total. The molecule has 1 N–H and O–H groups in total. The van der Waals surface area contributed by atoms with E-state index in [1.807, 2.05) is 0 Å². The highest BCUT2D eigenvalue weighted by Gasteiger charge is 2.32. The third kappa shape index (κ3) is 4.95. The second kappa shape index (κ2) is 9.21. The highest BCUT2D eigenvalue weighted by Crippen LogP contribution is 2.24. The summed E-state index contributed by atoms with van der Waals surface area (Å²) in [7, 11) is -0.471. The Kier molecular flexibility index (Phi) is 6.89. The first-order valence-corrected chi connectivity index (χ1v) is 11.1. The number of hydrogen-bond donors (Lipinski definition) is 1. The van der Waals surface area contributed by atoms with Gasteiger partial charge < -0.3 is 15.0 Å². The smallest absolute Gasteiger partial charge is 0.281 e. The molecule has 2 saturated heterocycles. The van der Waals surface area contributed by atoms with Crippen molar-refractivity contribution >= 4 is 27.7 Å². The molecule has 0 aromatic heterocycles. The largest absolute Gasteiger partial charge is 0.378 e. The van der Waals surface area contributed by atoms with Crippen LogP contribution in [0.15, 0.2) is 24.3 Å². The molecule has 0 atom stereocenters. The maximum atomic E-state index is 12.8. The Morgan fingerprint density at radius 1 is 1.07 bits per heavy atom. The highest BCUT2D eigenvalue weighted by atomic mass is 32.2. The predicted molar refractivity (Wildman–Crippen MR) is 109 cm³/mol. The summed E-state index contributed by atoms with van der Waals surface area (Å²) in [5.74, 6) is -0.611. The molecule has 0 radical (unpaired) electrons. The molecule has 0 aliphatic carbocycles. The van der Waals surface area contributed by atoms with Crippen LogP contribution in [0.4, 0.5) is 5.69 Å². The Labute approximate surface area is 171 Å². The average molecular weight is 425 g/mol. The fourth-order valence-electron chi connectivity index (χ4n) is 3.53. The van der Waals surface area contributed by atoms with Crippen molar-refractivity contribution in [2.24, 2.45) is 5.92 Å². The lowest BCUT2D eigenvalue weighted by atomic mass is 9.97. The van der Waals surface area contributed by atoms with E-state index in [0.717, 1.165) is 0 Å². The number of nitrogens with one attached hydrogen (secondary N) is 1. The molecule has 1 aromatic rings. The van der Waals surface area contributed by atoms with Crippen LogP contribution in [0.2, 0.25) is 0 Å². The molecule has 29 heavy (non-hydrogen) atoms. The van der Waals surface area contributed by atoms with E-state index in [9.17, 15) is 18.0 Å². The van der Waals surface area contributed by atoms with E-state index in [1.54, 1.807) is 29.2 Å². The summed E-state index contributed by atoms with van der Waals surface area (Å²) < 4.78 is 32.3.